The number of hydrogen-bond donors (Lipinski definition) is 2. The molecule has 0 saturated heterocycles. The predicted octanol–water partition coefficient (Wildman–Crippen LogP) is 2.28. The number of aromatic nitrogens is 1. The van der Waals surface area contributed by atoms with Crippen molar-refractivity contribution in [3.63, 3.8) is 0 Å². The lowest BCUT2D eigenvalue weighted by molar-refractivity contribution is 0.0690. The molecule has 0 spiro atoms. The van der Waals surface area contributed by atoms with Crippen LogP contribution < -0.4 is 4.90 Å². The third kappa shape index (κ3) is 2.56. The molecule has 0 radical (unpaired) electrons. The summed E-state index contributed by atoms with van der Waals surface area (Å²) in [6, 6.07) is 9.59. The van der Waals surface area contributed by atoms with Gasteiger partial charge in [0.25, 0.3) is 0 Å². The van der Waals surface area contributed by atoms with Crippen molar-refractivity contribution in [3.8, 4) is 0 Å². The summed E-state index contributed by atoms with van der Waals surface area (Å²) < 4.78 is 0. The van der Waals surface area contributed by atoms with Crippen molar-refractivity contribution in [2.75, 3.05) is 18.1 Å². The fraction of sp³-hybridized carbons (Fsp3) is 0.375. The molecule has 0 atom stereocenters. The van der Waals surface area contributed by atoms with Crippen LogP contribution in [-0.4, -0.2) is 40.4 Å². The van der Waals surface area contributed by atoms with E-state index in [4.69, 9.17) is 0 Å². The fourth-order valence-corrected chi connectivity index (χ4v) is 2.78. The van der Waals surface area contributed by atoms with E-state index < -0.39 is 5.97 Å². The van der Waals surface area contributed by atoms with Crippen molar-refractivity contribution in [1.82, 2.24) is 4.98 Å². The number of anilines is 1. The molecule has 5 heteroatoms. The number of fused-ring (bicyclic) bond motifs is 1. The number of rotatable bonds is 5. The van der Waals surface area contributed by atoms with E-state index in [1.807, 2.05) is 24.3 Å². The van der Waals surface area contributed by atoms with Crippen LogP contribution in [0.25, 0.3) is 10.8 Å². The second-order valence-electron chi connectivity index (χ2n) is 5.36. The summed E-state index contributed by atoms with van der Waals surface area (Å²) in [7, 11) is 0. The second-order valence-corrected chi connectivity index (χ2v) is 5.36. The van der Waals surface area contributed by atoms with Crippen LogP contribution in [0.1, 0.15) is 29.8 Å². The van der Waals surface area contributed by atoms with Gasteiger partial charge < -0.3 is 15.1 Å². The molecule has 0 aliphatic heterocycles. The molecule has 1 heterocycles. The Hall–Kier alpha value is -2.14. The molecule has 1 saturated carbocycles. The highest BCUT2D eigenvalue weighted by Crippen LogP contribution is 2.33. The number of hydrogen-bond acceptors (Lipinski definition) is 4. The second kappa shape index (κ2) is 5.69. The lowest BCUT2D eigenvalue weighted by Crippen LogP contribution is -2.42. The standard InChI is InChI=1S/C16H18N2O3/c19-9-8-18(12-5-3-6-12)15-13-7-2-1-4-11(13)10-14(17-15)16(20)21/h1-2,4,7,10,12,19H,3,5-6,8-9H2,(H,20,21). The summed E-state index contributed by atoms with van der Waals surface area (Å²) in [5, 5.41) is 20.4. The van der Waals surface area contributed by atoms with Crippen LogP contribution >= 0.6 is 0 Å². The van der Waals surface area contributed by atoms with Crippen LogP contribution in [0.15, 0.2) is 30.3 Å². The number of benzene rings is 1. The number of aromatic carboxylic acids is 1. The van der Waals surface area contributed by atoms with E-state index in [1.165, 1.54) is 6.42 Å². The minimum Gasteiger partial charge on any atom is -0.477 e. The van der Waals surface area contributed by atoms with Crippen LogP contribution in [-0.2, 0) is 0 Å². The molecule has 0 amide bonds. The highest BCUT2D eigenvalue weighted by atomic mass is 16.4. The van der Waals surface area contributed by atoms with E-state index in [0.29, 0.717) is 18.4 Å². The van der Waals surface area contributed by atoms with Crippen LogP contribution in [0, 0.1) is 0 Å². The quantitative estimate of drug-likeness (QED) is 0.882. The van der Waals surface area contributed by atoms with Gasteiger partial charge in [0.1, 0.15) is 5.82 Å². The highest BCUT2D eigenvalue weighted by Gasteiger charge is 2.27. The van der Waals surface area contributed by atoms with Gasteiger partial charge in [0, 0.05) is 18.0 Å². The maximum Gasteiger partial charge on any atom is 0.354 e. The number of aliphatic hydroxyl groups excluding tert-OH is 1. The van der Waals surface area contributed by atoms with Gasteiger partial charge in [-0.25, -0.2) is 9.78 Å². The summed E-state index contributed by atoms with van der Waals surface area (Å²) >= 11 is 0. The number of nitrogens with zero attached hydrogens (tertiary/aromatic N) is 2. The van der Waals surface area contributed by atoms with Crippen LogP contribution in [0.4, 0.5) is 5.82 Å². The van der Waals surface area contributed by atoms with Crippen molar-refractivity contribution in [3.05, 3.63) is 36.0 Å². The zero-order valence-corrected chi connectivity index (χ0v) is 11.7. The Kier molecular flexibility index (Phi) is 3.75. The molecular weight excluding hydrogens is 268 g/mol. The highest BCUT2D eigenvalue weighted by molar-refractivity contribution is 5.98. The first-order chi connectivity index (χ1) is 10.2. The molecule has 5 nitrogen and oxygen atoms in total. The molecular formula is C16H18N2O3. The smallest absolute Gasteiger partial charge is 0.354 e. The summed E-state index contributed by atoms with van der Waals surface area (Å²) in [5.74, 6) is -0.358. The Morgan fingerprint density at radius 2 is 2.10 bits per heavy atom. The number of carboxylic acid groups (broad SMARTS) is 1. The molecule has 1 aromatic carbocycles. The largest absolute Gasteiger partial charge is 0.477 e. The average molecular weight is 286 g/mol. The molecule has 2 aromatic rings. The van der Waals surface area contributed by atoms with Gasteiger partial charge in [-0.1, -0.05) is 24.3 Å². The van der Waals surface area contributed by atoms with Gasteiger partial charge in [0.05, 0.1) is 6.61 Å². The SMILES string of the molecule is O=C(O)c1cc2ccccc2c(N(CCO)C2CCC2)n1. The average Bonchev–Trinajstić information content (AvgIpc) is 2.43. The van der Waals surface area contributed by atoms with E-state index in [9.17, 15) is 15.0 Å². The van der Waals surface area contributed by atoms with Gasteiger partial charge in [-0.3, -0.25) is 0 Å². The summed E-state index contributed by atoms with van der Waals surface area (Å²) in [6.45, 7) is 0.508. The van der Waals surface area contributed by atoms with Gasteiger partial charge in [-0.2, -0.15) is 0 Å². The Morgan fingerprint density at radius 1 is 1.33 bits per heavy atom. The molecule has 0 unspecified atom stereocenters. The number of aliphatic hydroxyl groups is 1. The van der Waals surface area contributed by atoms with Gasteiger partial charge >= 0.3 is 5.97 Å². The Morgan fingerprint density at radius 3 is 2.71 bits per heavy atom. The van der Waals surface area contributed by atoms with Crippen molar-refractivity contribution in [2.45, 2.75) is 25.3 Å². The third-order valence-electron chi connectivity index (χ3n) is 4.07. The van der Waals surface area contributed by atoms with Crippen molar-refractivity contribution < 1.29 is 15.0 Å². The first-order valence-electron chi connectivity index (χ1n) is 7.21. The first-order valence-corrected chi connectivity index (χ1v) is 7.21. The summed E-state index contributed by atoms with van der Waals surface area (Å²) in [5.41, 5.74) is 0.0472. The molecule has 21 heavy (non-hydrogen) atoms. The van der Waals surface area contributed by atoms with E-state index in [0.717, 1.165) is 23.6 Å². The Bertz CT molecular complexity index is 668. The first kappa shape index (κ1) is 13.8. The molecule has 1 aromatic heterocycles. The van der Waals surface area contributed by atoms with Crippen LogP contribution in [0.2, 0.25) is 0 Å². The van der Waals surface area contributed by atoms with E-state index in [2.05, 4.69) is 9.88 Å². The van der Waals surface area contributed by atoms with Gasteiger partial charge in [-0.15, -0.1) is 0 Å². The van der Waals surface area contributed by atoms with Crippen LogP contribution in [0.3, 0.4) is 0 Å². The minimum absolute atomic E-state index is 0.0316. The zero-order chi connectivity index (χ0) is 14.8. The maximum atomic E-state index is 11.3. The summed E-state index contributed by atoms with van der Waals surface area (Å²) in [6.07, 6.45) is 3.30. The van der Waals surface area contributed by atoms with Crippen molar-refractivity contribution in [1.29, 1.82) is 0 Å². The molecule has 3 rings (SSSR count). The minimum atomic E-state index is -1.03. The van der Waals surface area contributed by atoms with Gasteiger partial charge in [-0.05, 0) is 30.7 Å². The maximum absolute atomic E-state index is 11.3. The van der Waals surface area contributed by atoms with E-state index in [1.54, 1.807) is 6.07 Å². The van der Waals surface area contributed by atoms with E-state index in [-0.39, 0.29) is 12.3 Å². The molecule has 1 aliphatic rings. The van der Waals surface area contributed by atoms with Crippen molar-refractivity contribution >= 4 is 22.6 Å². The molecule has 1 fully saturated rings. The van der Waals surface area contributed by atoms with Crippen molar-refractivity contribution in [2.24, 2.45) is 0 Å². The number of pyridine rings is 1. The molecule has 2 N–H and O–H groups in total. The molecule has 1 aliphatic carbocycles. The topological polar surface area (TPSA) is 73.7 Å². The zero-order valence-electron chi connectivity index (χ0n) is 11.7. The lowest BCUT2D eigenvalue weighted by atomic mass is 9.91. The summed E-state index contributed by atoms with van der Waals surface area (Å²) in [4.78, 5) is 17.7. The van der Waals surface area contributed by atoms with Crippen LogP contribution in [0.5, 0.6) is 0 Å². The number of carboxylic acids is 1. The monoisotopic (exact) mass is 286 g/mol. The van der Waals surface area contributed by atoms with E-state index >= 15 is 0 Å². The van der Waals surface area contributed by atoms with Gasteiger partial charge in [0.2, 0.25) is 0 Å². The number of carbonyl (C=O) groups is 1. The molecule has 110 valence electrons. The predicted molar refractivity (Wildman–Crippen MR) is 80.8 cm³/mol. The fourth-order valence-electron chi connectivity index (χ4n) is 2.78. The van der Waals surface area contributed by atoms with Gasteiger partial charge in [0.15, 0.2) is 5.69 Å². The Labute approximate surface area is 122 Å². The third-order valence-corrected chi connectivity index (χ3v) is 4.07. The normalized spacial score (nSPS) is 14.9. The Balaban J connectivity index is 2.15. The lowest BCUT2D eigenvalue weighted by Gasteiger charge is -2.38. The molecule has 0 bridgehead atoms.